The van der Waals surface area contributed by atoms with Gasteiger partial charge in [0.15, 0.2) is 5.13 Å². The molecular weight excluding hydrogens is 419 g/mol. The van der Waals surface area contributed by atoms with Crippen LogP contribution in [0.3, 0.4) is 0 Å². The van der Waals surface area contributed by atoms with Crippen LogP contribution >= 0.6 is 36.2 Å². The molecule has 0 bridgehead atoms. The summed E-state index contributed by atoms with van der Waals surface area (Å²) in [4.78, 5) is 19.5. The number of ether oxygens (including phenoxy) is 1. The zero-order chi connectivity index (χ0) is 18.7. The molecule has 0 saturated carbocycles. The number of amides is 1. The molecule has 3 atom stereocenters. The maximum Gasteiger partial charge on any atom is 0.250 e. The van der Waals surface area contributed by atoms with Crippen molar-refractivity contribution in [1.29, 1.82) is 0 Å². The minimum atomic E-state index is -1.11. The molecule has 1 aromatic heterocycles. The molecule has 1 fully saturated rings. The number of benzene rings is 1. The van der Waals surface area contributed by atoms with Crippen LogP contribution in [0, 0.1) is 0 Å². The predicted molar refractivity (Wildman–Crippen MR) is 119 cm³/mol. The van der Waals surface area contributed by atoms with E-state index in [2.05, 4.69) is 29.0 Å². The smallest absolute Gasteiger partial charge is 0.250 e. The molecule has 28 heavy (non-hydrogen) atoms. The minimum Gasteiger partial charge on any atom is -0.373 e. The number of rotatable bonds is 5. The van der Waals surface area contributed by atoms with Crippen molar-refractivity contribution < 1.29 is 9.53 Å². The zero-order valence-corrected chi connectivity index (χ0v) is 18.7. The van der Waals surface area contributed by atoms with Crippen molar-refractivity contribution in [3.05, 3.63) is 47.0 Å². The normalized spacial score (nSPS) is 21.7. The number of hydrogen-bond donors (Lipinski definition) is 2. The van der Waals surface area contributed by atoms with Gasteiger partial charge in [-0.05, 0) is 26.3 Å². The lowest BCUT2D eigenvalue weighted by molar-refractivity contribution is -0.120. The number of nitrogens with two attached hydrogens (primary N) is 1. The van der Waals surface area contributed by atoms with Crippen molar-refractivity contribution in [1.82, 2.24) is 9.88 Å². The van der Waals surface area contributed by atoms with Gasteiger partial charge in [-0.15, -0.1) is 36.2 Å². The SMILES string of the molecule is CC1CN(Cc2csc(NC(=O)C(C)(N)c3ccccc3)n2)CC(C)O1.Cl.Cl. The van der Waals surface area contributed by atoms with E-state index in [1.165, 1.54) is 11.3 Å². The molecule has 1 saturated heterocycles. The van der Waals surface area contributed by atoms with Crippen LogP contribution in [0.25, 0.3) is 0 Å². The Morgan fingerprint density at radius 3 is 2.50 bits per heavy atom. The van der Waals surface area contributed by atoms with E-state index in [4.69, 9.17) is 10.5 Å². The highest BCUT2D eigenvalue weighted by Gasteiger charge is 2.31. The van der Waals surface area contributed by atoms with E-state index >= 15 is 0 Å². The molecule has 1 aliphatic rings. The summed E-state index contributed by atoms with van der Waals surface area (Å²) in [5.41, 5.74) is 6.87. The summed E-state index contributed by atoms with van der Waals surface area (Å²) in [5, 5.41) is 5.41. The molecule has 0 spiro atoms. The Morgan fingerprint density at radius 2 is 1.89 bits per heavy atom. The van der Waals surface area contributed by atoms with E-state index < -0.39 is 5.54 Å². The average Bonchev–Trinajstić information content (AvgIpc) is 3.01. The van der Waals surface area contributed by atoms with Crippen molar-refractivity contribution in [2.75, 3.05) is 18.4 Å². The largest absolute Gasteiger partial charge is 0.373 e. The number of thiazole rings is 1. The molecule has 6 nitrogen and oxygen atoms in total. The van der Waals surface area contributed by atoms with Gasteiger partial charge in [0.2, 0.25) is 0 Å². The summed E-state index contributed by atoms with van der Waals surface area (Å²) >= 11 is 1.42. The van der Waals surface area contributed by atoms with E-state index in [-0.39, 0.29) is 42.9 Å². The van der Waals surface area contributed by atoms with E-state index in [1.807, 2.05) is 35.7 Å². The van der Waals surface area contributed by atoms with Crippen LogP contribution in [0.1, 0.15) is 32.0 Å². The third kappa shape index (κ3) is 6.14. The molecule has 1 aromatic carbocycles. The molecule has 3 unspecified atom stereocenters. The van der Waals surface area contributed by atoms with Crippen LogP contribution < -0.4 is 11.1 Å². The van der Waals surface area contributed by atoms with Crippen molar-refractivity contribution in [2.24, 2.45) is 5.73 Å². The number of morpholine rings is 1. The number of carbonyl (C=O) groups is 1. The molecule has 9 heteroatoms. The van der Waals surface area contributed by atoms with E-state index in [9.17, 15) is 4.79 Å². The van der Waals surface area contributed by atoms with Gasteiger partial charge in [0.05, 0.1) is 17.9 Å². The number of hydrogen-bond acceptors (Lipinski definition) is 6. The van der Waals surface area contributed by atoms with Gasteiger partial charge in [-0.25, -0.2) is 4.98 Å². The van der Waals surface area contributed by atoms with Gasteiger partial charge in [0.1, 0.15) is 5.54 Å². The Morgan fingerprint density at radius 1 is 1.29 bits per heavy atom. The second-order valence-corrected chi connectivity index (χ2v) is 7.98. The van der Waals surface area contributed by atoms with Gasteiger partial charge in [0, 0.05) is 25.0 Å². The number of anilines is 1. The first-order valence-corrected chi connectivity index (χ1v) is 9.70. The molecular formula is C19H28Cl2N4O2S. The highest BCUT2D eigenvalue weighted by molar-refractivity contribution is 7.13. The summed E-state index contributed by atoms with van der Waals surface area (Å²) in [6.45, 7) is 8.41. The Labute approximate surface area is 182 Å². The molecule has 2 aromatic rings. The fourth-order valence-electron chi connectivity index (χ4n) is 3.22. The first-order chi connectivity index (χ1) is 12.3. The fraction of sp³-hybridized carbons (Fsp3) is 0.474. The maximum atomic E-state index is 12.6. The molecule has 1 amide bonds. The predicted octanol–water partition coefficient (Wildman–Crippen LogP) is 3.41. The van der Waals surface area contributed by atoms with Crippen LogP contribution in [0.15, 0.2) is 35.7 Å². The Balaban J connectivity index is 0.00000196. The Kier molecular flexibility index (Phi) is 9.33. The molecule has 0 radical (unpaired) electrons. The number of nitrogens with one attached hydrogen (secondary N) is 1. The second-order valence-electron chi connectivity index (χ2n) is 7.12. The summed E-state index contributed by atoms with van der Waals surface area (Å²) in [5.74, 6) is -0.266. The lowest BCUT2D eigenvalue weighted by Gasteiger charge is -2.34. The molecule has 3 N–H and O–H groups in total. The monoisotopic (exact) mass is 446 g/mol. The Bertz CT molecular complexity index is 747. The van der Waals surface area contributed by atoms with Crippen molar-refractivity contribution in [3.63, 3.8) is 0 Å². The second kappa shape index (κ2) is 10.5. The lowest BCUT2D eigenvalue weighted by Crippen LogP contribution is -2.45. The third-order valence-electron chi connectivity index (χ3n) is 4.50. The van der Waals surface area contributed by atoms with Crippen LogP contribution in [-0.2, 0) is 21.6 Å². The van der Waals surface area contributed by atoms with E-state index in [0.717, 1.165) is 30.9 Å². The van der Waals surface area contributed by atoms with Gasteiger partial charge in [-0.3, -0.25) is 9.69 Å². The highest BCUT2D eigenvalue weighted by atomic mass is 35.5. The Hall–Kier alpha value is -1.22. The molecule has 1 aliphatic heterocycles. The van der Waals surface area contributed by atoms with Crippen LogP contribution in [0.4, 0.5) is 5.13 Å². The number of carbonyl (C=O) groups excluding carboxylic acids is 1. The molecule has 156 valence electrons. The fourth-order valence-corrected chi connectivity index (χ4v) is 3.92. The van der Waals surface area contributed by atoms with E-state index in [0.29, 0.717) is 5.13 Å². The van der Waals surface area contributed by atoms with Gasteiger partial charge < -0.3 is 15.8 Å². The van der Waals surface area contributed by atoms with Crippen LogP contribution in [0.5, 0.6) is 0 Å². The van der Waals surface area contributed by atoms with Gasteiger partial charge >= 0.3 is 0 Å². The summed E-state index contributed by atoms with van der Waals surface area (Å²) in [6.07, 6.45) is 0.445. The maximum absolute atomic E-state index is 12.6. The molecule has 2 heterocycles. The van der Waals surface area contributed by atoms with Gasteiger partial charge in [-0.2, -0.15) is 0 Å². The first-order valence-electron chi connectivity index (χ1n) is 8.82. The van der Waals surface area contributed by atoms with Gasteiger partial charge in [-0.1, -0.05) is 30.3 Å². The average molecular weight is 447 g/mol. The lowest BCUT2D eigenvalue weighted by atomic mass is 9.92. The van der Waals surface area contributed by atoms with Crippen molar-refractivity contribution in [2.45, 2.75) is 45.1 Å². The highest BCUT2D eigenvalue weighted by Crippen LogP contribution is 2.23. The van der Waals surface area contributed by atoms with Crippen molar-refractivity contribution in [3.8, 4) is 0 Å². The molecule has 0 aliphatic carbocycles. The summed E-state index contributed by atoms with van der Waals surface area (Å²) in [7, 11) is 0. The topological polar surface area (TPSA) is 80.5 Å². The summed E-state index contributed by atoms with van der Waals surface area (Å²) < 4.78 is 5.76. The standard InChI is InChI=1S/C19H26N4O2S.2ClH/c1-13-9-23(10-14(2)25-13)11-16-12-26-18(21-16)22-17(24)19(3,20)15-7-5-4-6-8-15;;/h4-8,12-14H,9-11,20H2,1-3H3,(H,21,22,24);2*1H. The van der Waals surface area contributed by atoms with Crippen molar-refractivity contribution >= 4 is 47.2 Å². The first kappa shape index (κ1) is 24.8. The number of aromatic nitrogens is 1. The van der Waals surface area contributed by atoms with Gasteiger partial charge in [0.25, 0.3) is 5.91 Å². The van der Waals surface area contributed by atoms with Crippen LogP contribution in [0.2, 0.25) is 0 Å². The summed E-state index contributed by atoms with van der Waals surface area (Å²) in [6, 6.07) is 9.36. The quantitative estimate of drug-likeness (QED) is 0.735. The van der Waals surface area contributed by atoms with E-state index in [1.54, 1.807) is 6.92 Å². The third-order valence-corrected chi connectivity index (χ3v) is 5.30. The number of halogens is 2. The van der Waals surface area contributed by atoms with Crippen LogP contribution in [-0.4, -0.2) is 41.1 Å². The molecule has 3 rings (SSSR count). The number of nitrogens with zero attached hydrogens (tertiary/aromatic N) is 2. The minimum absolute atomic E-state index is 0. The zero-order valence-electron chi connectivity index (χ0n) is 16.3.